The van der Waals surface area contributed by atoms with E-state index in [1.54, 1.807) is 30.5 Å². The number of anilines is 1. The van der Waals surface area contributed by atoms with Gasteiger partial charge in [0.1, 0.15) is 5.75 Å². The molecule has 0 atom stereocenters. The minimum absolute atomic E-state index is 0.0478. The molecule has 0 unspecified atom stereocenters. The third-order valence-electron chi connectivity index (χ3n) is 3.38. The number of ketones is 1. The predicted octanol–water partition coefficient (Wildman–Crippen LogP) is 3.38. The van der Waals surface area contributed by atoms with Gasteiger partial charge in [-0.15, -0.1) is 0 Å². The fraction of sp³-hybridized carbons (Fsp3) is 0.118. The topological polar surface area (TPSA) is 68.1 Å². The molecule has 0 saturated carbocycles. The molecular formula is C17H16N2O2. The van der Waals surface area contributed by atoms with E-state index in [0.29, 0.717) is 23.4 Å². The minimum Gasteiger partial charge on any atom is -0.493 e. The number of nitrogens with two attached hydrogens (primary N) is 1. The number of ether oxygens (including phenoxy) is 1. The number of carbonyl (C=O) groups excluding carboxylic acids is 1. The Labute approximate surface area is 122 Å². The van der Waals surface area contributed by atoms with E-state index >= 15 is 0 Å². The van der Waals surface area contributed by atoms with Crippen molar-refractivity contribution in [1.29, 1.82) is 0 Å². The monoisotopic (exact) mass is 280 g/mol. The summed E-state index contributed by atoms with van der Waals surface area (Å²) >= 11 is 0. The number of nitrogen functional groups attached to an aromatic ring is 1. The van der Waals surface area contributed by atoms with Gasteiger partial charge in [-0.3, -0.25) is 4.79 Å². The summed E-state index contributed by atoms with van der Waals surface area (Å²) in [4.78, 5) is 15.8. The van der Waals surface area contributed by atoms with E-state index < -0.39 is 0 Å². The fourth-order valence-corrected chi connectivity index (χ4v) is 2.40. The van der Waals surface area contributed by atoms with Crippen LogP contribution in [0, 0.1) is 0 Å². The molecule has 0 aliphatic carbocycles. The fourth-order valence-electron chi connectivity index (χ4n) is 2.40. The molecule has 3 aromatic rings. The van der Waals surface area contributed by atoms with Crippen LogP contribution < -0.4 is 10.5 Å². The molecule has 0 aliphatic heterocycles. The van der Waals surface area contributed by atoms with Crippen LogP contribution in [0.25, 0.3) is 10.9 Å². The van der Waals surface area contributed by atoms with E-state index in [4.69, 9.17) is 10.5 Å². The number of aromatic nitrogens is 1. The summed E-state index contributed by atoms with van der Waals surface area (Å²) in [5.74, 6) is 0.670. The number of aromatic amines is 1. The van der Waals surface area contributed by atoms with Crippen LogP contribution in [-0.2, 0) is 0 Å². The maximum Gasteiger partial charge on any atom is 0.195 e. The molecule has 1 heterocycles. The molecule has 0 fully saturated rings. The van der Waals surface area contributed by atoms with E-state index in [1.807, 2.05) is 25.1 Å². The number of hydrogen-bond donors (Lipinski definition) is 2. The Morgan fingerprint density at radius 3 is 2.67 bits per heavy atom. The number of carbonyl (C=O) groups is 1. The molecule has 4 nitrogen and oxygen atoms in total. The summed E-state index contributed by atoms with van der Waals surface area (Å²) in [5.41, 5.74) is 8.41. The third kappa shape index (κ3) is 2.36. The summed E-state index contributed by atoms with van der Waals surface area (Å²) in [7, 11) is 0. The smallest absolute Gasteiger partial charge is 0.195 e. The lowest BCUT2D eigenvalue weighted by atomic mass is 10.0. The van der Waals surface area contributed by atoms with Gasteiger partial charge in [-0.25, -0.2) is 0 Å². The highest BCUT2D eigenvalue weighted by atomic mass is 16.5. The Hall–Kier alpha value is -2.75. The van der Waals surface area contributed by atoms with Crippen LogP contribution in [-0.4, -0.2) is 17.4 Å². The summed E-state index contributed by atoms with van der Waals surface area (Å²) in [5, 5.41) is 0.821. The number of fused-ring (bicyclic) bond motifs is 1. The van der Waals surface area contributed by atoms with Crippen molar-refractivity contribution in [2.75, 3.05) is 12.3 Å². The van der Waals surface area contributed by atoms with Crippen molar-refractivity contribution in [2.24, 2.45) is 0 Å². The average Bonchev–Trinajstić information content (AvgIpc) is 2.93. The van der Waals surface area contributed by atoms with E-state index in [2.05, 4.69) is 4.98 Å². The zero-order chi connectivity index (χ0) is 14.8. The first-order chi connectivity index (χ1) is 10.2. The number of rotatable bonds is 4. The predicted molar refractivity (Wildman–Crippen MR) is 83.8 cm³/mol. The Balaban J connectivity index is 2.11. The normalized spacial score (nSPS) is 10.7. The highest BCUT2D eigenvalue weighted by Crippen LogP contribution is 2.30. The first-order valence-electron chi connectivity index (χ1n) is 6.84. The van der Waals surface area contributed by atoms with Crippen LogP contribution >= 0.6 is 0 Å². The van der Waals surface area contributed by atoms with Gasteiger partial charge in [-0.05, 0) is 43.3 Å². The maximum absolute atomic E-state index is 12.7. The molecule has 0 spiro atoms. The molecule has 4 heteroatoms. The Bertz CT molecular complexity index is 788. The Morgan fingerprint density at radius 1 is 1.19 bits per heavy atom. The van der Waals surface area contributed by atoms with Crippen molar-refractivity contribution in [1.82, 2.24) is 4.98 Å². The molecule has 0 amide bonds. The molecule has 0 radical (unpaired) electrons. The van der Waals surface area contributed by atoms with Crippen molar-refractivity contribution < 1.29 is 9.53 Å². The second kappa shape index (κ2) is 5.32. The minimum atomic E-state index is -0.0478. The highest BCUT2D eigenvalue weighted by molar-refractivity contribution is 6.17. The first kappa shape index (κ1) is 13.2. The largest absolute Gasteiger partial charge is 0.493 e. The van der Waals surface area contributed by atoms with E-state index in [9.17, 15) is 4.79 Å². The third-order valence-corrected chi connectivity index (χ3v) is 3.38. The molecule has 1 aromatic heterocycles. The quantitative estimate of drug-likeness (QED) is 0.568. The molecule has 3 rings (SSSR count). The zero-order valence-electron chi connectivity index (χ0n) is 11.7. The lowest BCUT2D eigenvalue weighted by Crippen LogP contribution is -2.02. The Kier molecular flexibility index (Phi) is 3.36. The van der Waals surface area contributed by atoms with Gasteiger partial charge in [0.15, 0.2) is 5.78 Å². The van der Waals surface area contributed by atoms with Crippen LogP contribution in [0.1, 0.15) is 22.8 Å². The van der Waals surface area contributed by atoms with Gasteiger partial charge in [0.25, 0.3) is 0 Å². The number of hydrogen-bond acceptors (Lipinski definition) is 3. The number of H-pyrrole nitrogens is 1. The standard InChI is InChI=1S/C17H16N2O2/c1-2-21-15-5-3-4-14-16(15)13(10-19-14)17(20)11-6-8-12(18)9-7-11/h3-10,19H,2,18H2,1H3. The van der Waals surface area contributed by atoms with Crippen LogP contribution in [0.3, 0.4) is 0 Å². The summed E-state index contributed by atoms with van der Waals surface area (Å²) in [6, 6.07) is 12.6. The van der Waals surface area contributed by atoms with Gasteiger partial charge in [0.05, 0.1) is 17.6 Å². The van der Waals surface area contributed by atoms with Gasteiger partial charge in [-0.2, -0.15) is 0 Å². The summed E-state index contributed by atoms with van der Waals surface area (Å²) < 4.78 is 5.63. The van der Waals surface area contributed by atoms with E-state index in [-0.39, 0.29) is 5.78 Å². The van der Waals surface area contributed by atoms with Crippen molar-refractivity contribution in [2.45, 2.75) is 6.92 Å². The summed E-state index contributed by atoms with van der Waals surface area (Å²) in [6.07, 6.45) is 1.73. The number of nitrogens with one attached hydrogen (secondary N) is 1. The van der Waals surface area contributed by atoms with Gasteiger partial charge in [-0.1, -0.05) is 6.07 Å². The molecule has 106 valence electrons. The van der Waals surface area contributed by atoms with Gasteiger partial charge >= 0.3 is 0 Å². The van der Waals surface area contributed by atoms with E-state index in [1.165, 1.54) is 0 Å². The van der Waals surface area contributed by atoms with Gasteiger partial charge in [0, 0.05) is 23.0 Å². The second-order valence-corrected chi connectivity index (χ2v) is 4.77. The van der Waals surface area contributed by atoms with Crippen LogP contribution in [0.5, 0.6) is 5.75 Å². The lowest BCUT2D eigenvalue weighted by Gasteiger charge is -2.06. The first-order valence-corrected chi connectivity index (χ1v) is 6.84. The number of benzene rings is 2. The van der Waals surface area contributed by atoms with Crippen molar-refractivity contribution in [3.05, 3.63) is 59.8 Å². The molecular weight excluding hydrogens is 264 g/mol. The van der Waals surface area contributed by atoms with Gasteiger partial charge in [0.2, 0.25) is 0 Å². The van der Waals surface area contributed by atoms with Gasteiger partial charge < -0.3 is 15.5 Å². The van der Waals surface area contributed by atoms with Crippen molar-refractivity contribution >= 4 is 22.4 Å². The van der Waals surface area contributed by atoms with Crippen molar-refractivity contribution in [3.63, 3.8) is 0 Å². The van der Waals surface area contributed by atoms with Crippen molar-refractivity contribution in [3.8, 4) is 5.75 Å². The summed E-state index contributed by atoms with van der Waals surface area (Å²) in [6.45, 7) is 2.48. The molecule has 3 N–H and O–H groups in total. The maximum atomic E-state index is 12.7. The van der Waals surface area contributed by atoms with E-state index in [0.717, 1.165) is 16.7 Å². The van der Waals surface area contributed by atoms with Crippen LogP contribution in [0.15, 0.2) is 48.7 Å². The SMILES string of the molecule is CCOc1cccc2[nH]cc(C(=O)c3ccc(N)cc3)c12. The molecule has 0 aliphatic rings. The highest BCUT2D eigenvalue weighted by Gasteiger charge is 2.17. The zero-order valence-corrected chi connectivity index (χ0v) is 11.7. The molecule has 0 saturated heterocycles. The van der Waals surface area contributed by atoms with Crippen LogP contribution in [0.4, 0.5) is 5.69 Å². The molecule has 0 bridgehead atoms. The Morgan fingerprint density at radius 2 is 1.95 bits per heavy atom. The average molecular weight is 280 g/mol. The van der Waals surface area contributed by atoms with Crippen LogP contribution in [0.2, 0.25) is 0 Å². The molecule has 2 aromatic carbocycles. The lowest BCUT2D eigenvalue weighted by molar-refractivity contribution is 0.104. The molecule has 21 heavy (non-hydrogen) atoms. The second-order valence-electron chi connectivity index (χ2n) is 4.77.